The van der Waals surface area contributed by atoms with Crippen molar-refractivity contribution >= 4 is 17.5 Å². The van der Waals surface area contributed by atoms with E-state index in [1.54, 1.807) is 12.1 Å². The number of likely N-dealkylation sites (N-methyl/N-ethyl adjacent to an activating group) is 1. The Labute approximate surface area is 146 Å². The number of aromatic hydroxyl groups is 1. The maximum absolute atomic E-state index is 10.1. The van der Waals surface area contributed by atoms with Gasteiger partial charge in [-0.1, -0.05) is 18.5 Å². The van der Waals surface area contributed by atoms with Crippen LogP contribution in [0.15, 0.2) is 18.2 Å². The van der Waals surface area contributed by atoms with Gasteiger partial charge in [0.1, 0.15) is 11.4 Å². The summed E-state index contributed by atoms with van der Waals surface area (Å²) in [5.74, 6) is 0.612. The molecule has 1 fully saturated rings. The molecular formula is C17H22ClN5O. The molecule has 2 aromatic rings. The van der Waals surface area contributed by atoms with Crippen LogP contribution >= 0.6 is 11.6 Å². The van der Waals surface area contributed by atoms with Crippen LogP contribution in [0.2, 0.25) is 5.02 Å². The van der Waals surface area contributed by atoms with E-state index in [0.29, 0.717) is 34.0 Å². The van der Waals surface area contributed by atoms with E-state index in [9.17, 15) is 5.11 Å². The number of benzene rings is 1. The number of rotatable bonds is 4. The van der Waals surface area contributed by atoms with E-state index in [1.165, 1.54) is 12.5 Å². The number of aryl methyl sites for hydroxylation is 1. The third kappa shape index (κ3) is 3.76. The molecular weight excluding hydrogens is 326 g/mol. The number of piperidine rings is 1. The van der Waals surface area contributed by atoms with Crippen LogP contribution in [-0.2, 0) is 0 Å². The van der Waals surface area contributed by atoms with E-state index >= 15 is 0 Å². The summed E-state index contributed by atoms with van der Waals surface area (Å²) in [6, 6.07) is 5.27. The zero-order valence-electron chi connectivity index (χ0n) is 14.0. The first kappa shape index (κ1) is 16.9. The first-order valence-electron chi connectivity index (χ1n) is 8.26. The molecule has 1 aromatic heterocycles. The molecule has 24 heavy (non-hydrogen) atoms. The minimum atomic E-state index is 0.0771. The SMILES string of the molecule is CCN1CCCC(Nc2nnc(-c3ccc(Cl)cc3O)c(C)n2)C1. The van der Waals surface area contributed by atoms with Crippen molar-refractivity contribution in [2.75, 3.05) is 25.0 Å². The maximum Gasteiger partial charge on any atom is 0.243 e. The monoisotopic (exact) mass is 347 g/mol. The van der Waals surface area contributed by atoms with Crippen LogP contribution in [0, 0.1) is 6.92 Å². The van der Waals surface area contributed by atoms with E-state index in [0.717, 1.165) is 26.1 Å². The third-order valence-corrected chi connectivity index (χ3v) is 4.60. The van der Waals surface area contributed by atoms with Crippen LogP contribution in [0.4, 0.5) is 5.95 Å². The molecule has 2 heterocycles. The Kier molecular flexibility index (Phi) is 5.16. The Balaban J connectivity index is 1.77. The van der Waals surface area contributed by atoms with Crippen LogP contribution in [0.5, 0.6) is 5.75 Å². The summed E-state index contributed by atoms with van der Waals surface area (Å²) < 4.78 is 0. The number of aromatic nitrogens is 3. The zero-order valence-corrected chi connectivity index (χ0v) is 14.7. The second kappa shape index (κ2) is 7.32. The molecule has 7 heteroatoms. The molecule has 0 bridgehead atoms. The molecule has 1 aromatic carbocycles. The number of anilines is 1. The van der Waals surface area contributed by atoms with E-state index in [-0.39, 0.29) is 5.75 Å². The lowest BCUT2D eigenvalue weighted by molar-refractivity contribution is 0.226. The van der Waals surface area contributed by atoms with Gasteiger partial charge in [0, 0.05) is 23.2 Å². The highest BCUT2D eigenvalue weighted by Crippen LogP contribution is 2.31. The lowest BCUT2D eigenvalue weighted by Crippen LogP contribution is -2.42. The predicted molar refractivity (Wildman–Crippen MR) is 95.4 cm³/mol. The van der Waals surface area contributed by atoms with Crippen molar-refractivity contribution in [3.8, 4) is 17.0 Å². The van der Waals surface area contributed by atoms with E-state index in [1.807, 2.05) is 6.92 Å². The zero-order chi connectivity index (χ0) is 17.1. The van der Waals surface area contributed by atoms with Crippen molar-refractivity contribution in [2.24, 2.45) is 0 Å². The highest BCUT2D eigenvalue weighted by atomic mass is 35.5. The molecule has 0 aliphatic carbocycles. The van der Waals surface area contributed by atoms with Gasteiger partial charge in [0.05, 0.1) is 5.69 Å². The number of halogens is 1. The summed E-state index contributed by atoms with van der Waals surface area (Å²) in [7, 11) is 0. The largest absolute Gasteiger partial charge is 0.507 e. The van der Waals surface area contributed by atoms with Gasteiger partial charge in [-0.15, -0.1) is 10.2 Å². The van der Waals surface area contributed by atoms with Gasteiger partial charge in [-0.2, -0.15) is 0 Å². The topological polar surface area (TPSA) is 74.2 Å². The summed E-state index contributed by atoms with van der Waals surface area (Å²) in [6.45, 7) is 7.26. The first-order valence-corrected chi connectivity index (χ1v) is 8.63. The summed E-state index contributed by atoms with van der Waals surface area (Å²) in [4.78, 5) is 6.93. The molecule has 6 nitrogen and oxygen atoms in total. The molecule has 1 atom stereocenters. The second-order valence-corrected chi connectivity index (χ2v) is 6.54. The van der Waals surface area contributed by atoms with Gasteiger partial charge < -0.3 is 15.3 Å². The highest BCUT2D eigenvalue weighted by molar-refractivity contribution is 6.30. The van der Waals surface area contributed by atoms with Gasteiger partial charge in [-0.3, -0.25) is 0 Å². The summed E-state index contributed by atoms with van der Waals surface area (Å²) in [5.41, 5.74) is 1.86. The Hall–Kier alpha value is -1.92. The van der Waals surface area contributed by atoms with Crippen LogP contribution in [-0.4, -0.2) is 50.9 Å². The fourth-order valence-electron chi connectivity index (χ4n) is 3.06. The van der Waals surface area contributed by atoms with E-state index < -0.39 is 0 Å². The van der Waals surface area contributed by atoms with Crippen molar-refractivity contribution in [1.82, 2.24) is 20.1 Å². The highest BCUT2D eigenvalue weighted by Gasteiger charge is 2.20. The van der Waals surface area contributed by atoms with Gasteiger partial charge in [0.15, 0.2) is 0 Å². The molecule has 1 aliphatic heterocycles. The third-order valence-electron chi connectivity index (χ3n) is 4.36. The van der Waals surface area contributed by atoms with Crippen molar-refractivity contribution in [3.63, 3.8) is 0 Å². The fourth-order valence-corrected chi connectivity index (χ4v) is 3.23. The number of hydrogen-bond acceptors (Lipinski definition) is 6. The molecule has 0 spiro atoms. The number of hydrogen-bond donors (Lipinski definition) is 2. The standard InChI is InChI=1S/C17H22ClN5O/c1-3-23-8-4-5-13(10-23)20-17-19-11(2)16(21-22-17)14-7-6-12(18)9-15(14)24/h6-7,9,13,24H,3-5,8,10H2,1-2H3,(H,19,20,22). The van der Waals surface area contributed by atoms with Crippen LogP contribution in [0.3, 0.4) is 0 Å². The Morgan fingerprint density at radius 2 is 2.21 bits per heavy atom. The molecule has 0 saturated carbocycles. The van der Waals surface area contributed by atoms with Crippen molar-refractivity contribution in [3.05, 3.63) is 28.9 Å². The average Bonchev–Trinajstić information content (AvgIpc) is 2.56. The number of likely N-dealkylation sites (tertiary alicyclic amines) is 1. The Bertz CT molecular complexity index is 724. The minimum absolute atomic E-state index is 0.0771. The van der Waals surface area contributed by atoms with Crippen LogP contribution in [0.25, 0.3) is 11.3 Å². The number of phenols is 1. The van der Waals surface area contributed by atoms with Gasteiger partial charge in [0.25, 0.3) is 0 Å². The van der Waals surface area contributed by atoms with Crippen molar-refractivity contribution in [2.45, 2.75) is 32.7 Å². The van der Waals surface area contributed by atoms with Crippen molar-refractivity contribution in [1.29, 1.82) is 0 Å². The number of phenolic OH excluding ortho intramolecular Hbond substituents is 1. The molecule has 0 radical (unpaired) electrons. The van der Waals surface area contributed by atoms with Gasteiger partial charge in [-0.25, -0.2) is 4.98 Å². The fraction of sp³-hybridized carbons (Fsp3) is 0.471. The van der Waals surface area contributed by atoms with Gasteiger partial charge in [-0.05, 0) is 51.1 Å². The molecule has 1 unspecified atom stereocenters. The number of nitrogens with one attached hydrogen (secondary N) is 1. The smallest absolute Gasteiger partial charge is 0.243 e. The summed E-state index contributed by atoms with van der Waals surface area (Å²) in [6.07, 6.45) is 2.28. The predicted octanol–water partition coefficient (Wildman–Crippen LogP) is 3.10. The Morgan fingerprint density at radius 3 is 2.92 bits per heavy atom. The second-order valence-electron chi connectivity index (χ2n) is 6.11. The van der Waals surface area contributed by atoms with Crippen molar-refractivity contribution < 1.29 is 5.11 Å². The molecule has 3 rings (SSSR count). The minimum Gasteiger partial charge on any atom is -0.507 e. The molecule has 1 aliphatic rings. The Morgan fingerprint density at radius 1 is 1.38 bits per heavy atom. The lowest BCUT2D eigenvalue weighted by atomic mass is 10.1. The molecule has 0 amide bonds. The van der Waals surface area contributed by atoms with Crippen LogP contribution < -0.4 is 5.32 Å². The van der Waals surface area contributed by atoms with Gasteiger partial charge in [0.2, 0.25) is 5.95 Å². The quantitative estimate of drug-likeness (QED) is 0.885. The lowest BCUT2D eigenvalue weighted by Gasteiger charge is -2.32. The number of nitrogens with zero attached hydrogens (tertiary/aromatic N) is 4. The maximum atomic E-state index is 10.1. The van der Waals surface area contributed by atoms with E-state index in [4.69, 9.17) is 11.6 Å². The van der Waals surface area contributed by atoms with E-state index in [2.05, 4.69) is 32.3 Å². The average molecular weight is 348 g/mol. The molecule has 1 saturated heterocycles. The normalized spacial score (nSPS) is 18.5. The summed E-state index contributed by atoms with van der Waals surface area (Å²) >= 11 is 5.88. The van der Waals surface area contributed by atoms with Gasteiger partial charge >= 0.3 is 0 Å². The first-order chi connectivity index (χ1) is 11.6. The summed E-state index contributed by atoms with van der Waals surface area (Å²) in [5, 5.41) is 22.4. The van der Waals surface area contributed by atoms with Crippen LogP contribution in [0.1, 0.15) is 25.5 Å². The molecule has 128 valence electrons. The molecule has 2 N–H and O–H groups in total.